The molecule has 1 spiro atoms. The Kier molecular flexibility index (Phi) is 2.87. The monoisotopic (exact) mass is 213 g/mol. The zero-order valence-electron chi connectivity index (χ0n) is 9.73. The van der Waals surface area contributed by atoms with Crippen molar-refractivity contribution in [2.24, 2.45) is 5.41 Å². The molecule has 2 atom stereocenters. The summed E-state index contributed by atoms with van der Waals surface area (Å²) in [5.41, 5.74) is 0.477. The van der Waals surface area contributed by atoms with E-state index in [1.54, 1.807) is 0 Å². The van der Waals surface area contributed by atoms with Crippen molar-refractivity contribution in [3.8, 4) is 0 Å². The number of hydrogen-bond donors (Lipinski definition) is 1. The van der Waals surface area contributed by atoms with Gasteiger partial charge in [0.1, 0.15) is 0 Å². The smallest absolute Gasteiger partial charge is 0.0699 e. The molecule has 14 heavy (non-hydrogen) atoms. The minimum absolute atomic E-state index is 0.392. The van der Waals surface area contributed by atoms with Crippen LogP contribution in [0.5, 0.6) is 0 Å². The molecule has 2 unspecified atom stereocenters. The Morgan fingerprint density at radius 3 is 2.57 bits per heavy atom. The van der Waals surface area contributed by atoms with Crippen LogP contribution in [0.3, 0.4) is 0 Å². The molecular formula is C12H23NS. The van der Waals surface area contributed by atoms with Gasteiger partial charge >= 0.3 is 0 Å². The Labute approximate surface area is 92.4 Å². The van der Waals surface area contributed by atoms with Crippen molar-refractivity contribution >= 4 is 11.8 Å². The Morgan fingerprint density at radius 1 is 1.21 bits per heavy atom. The minimum Gasteiger partial charge on any atom is -0.302 e. The molecule has 0 aromatic heterocycles. The lowest BCUT2D eigenvalue weighted by Crippen LogP contribution is -2.58. The highest BCUT2D eigenvalue weighted by Gasteiger charge is 2.48. The maximum Gasteiger partial charge on any atom is 0.0699 e. The van der Waals surface area contributed by atoms with Gasteiger partial charge in [0.05, 0.1) is 4.87 Å². The second-order valence-electron chi connectivity index (χ2n) is 5.56. The van der Waals surface area contributed by atoms with Crippen molar-refractivity contribution in [2.75, 3.05) is 6.54 Å². The molecule has 0 radical (unpaired) electrons. The molecular weight excluding hydrogens is 190 g/mol. The highest BCUT2D eigenvalue weighted by molar-refractivity contribution is 8.01. The Morgan fingerprint density at radius 2 is 1.93 bits per heavy atom. The zero-order chi connectivity index (χ0) is 10.2. The van der Waals surface area contributed by atoms with Crippen LogP contribution in [0.25, 0.3) is 0 Å². The van der Waals surface area contributed by atoms with E-state index in [0.29, 0.717) is 10.3 Å². The fourth-order valence-corrected chi connectivity index (χ4v) is 4.74. The van der Waals surface area contributed by atoms with E-state index in [1.807, 2.05) is 0 Å². The molecule has 2 fully saturated rings. The van der Waals surface area contributed by atoms with Gasteiger partial charge in [-0.1, -0.05) is 33.6 Å². The van der Waals surface area contributed by atoms with E-state index < -0.39 is 0 Å². The molecule has 0 aromatic rings. The maximum absolute atomic E-state index is 3.82. The third-order valence-corrected chi connectivity index (χ3v) is 5.98. The van der Waals surface area contributed by atoms with Gasteiger partial charge < -0.3 is 5.32 Å². The fourth-order valence-electron chi connectivity index (χ4n) is 2.95. The topological polar surface area (TPSA) is 12.0 Å². The van der Waals surface area contributed by atoms with Gasteiger partial charge in [0, 0.05) is 5.25 Å². The Balaban J connectivity index is 2.18. The van der Waals surface area contributed by atoms with Gasteiger partial charge in [0.15, 0.2) is 0 Å². The van der Waals surface area contributed by atoms with Gasteiger partial charge in [-0.05, 0) is 31.2 Å². The van der Waals surface area contributed by atoms with Crippen molar-refractivity contribution in [1.82, 2.24) is 5.32 Å². The highest BCUT2D eigenvalue weighted by Crippen LogP contribution is 2.53. The second-order valence-corrected chi connectivity index (χ2v) is 7.30. The normalized spacial score (nSPS) is 42.6. The number of hydrogen-bond acceptors (Lipinski definition) is 2. The Bertz CT molecular complexity index is 210. The third kappa shape index (κ3) is 1.71. The van der Waals surface area contributed by atoms with Crippen molar-refractivity contribution in [3.63, 3.8) is 0 Å². The van der Waals surface area contributed by atoms with Gasteiger partial charge in [0.2, 0.25) is 0 Å². The first-order valence-corrected chi connectivity index (χ1v) is 6.87. The van der Waals surface area contributed by atoms with Crippen LogP contribution in [-0.4, -0.2) is 16.7 Å². The summed E-state index contributed by atoms with van der Waals surface area (Å²) in [6, 6.07) is 0. The molecule has 0 bridgehead atoms. The van der Waals surface area contributed by atoms with Crippen LogP contribution in [0.1, 0.15) is 52.9 Å². The summed E-state index contributed by atoms with van der Waals surface area (Å²) in [5, 5.41) is 4.66. The predicted molar refractivity (Wildman–Crippen MR) is 64.7 cm³/mol. The molecule has 1 aliphatic carbocycles. The zero-order valence-corrected chi connectivity index (χ0v) is 10.5. The largest absolute Gasteiger partial charge is 0.302 e. The van der Waals surface area contributed by atoms with Gasteiger partial charge in [-0.15, -0.1) is 11.8 Å². The molecule has 1 N–H and O–H groups in total. The van der Waals surface area contributed by atoms with Gasteiger partial charge in [0.25, 0.3) is 0 Å². The first-order chi connectivity index (χ1) is 6.56. The maximum atomic E-state index is 3.82. The van der Waals surface area contributed by atoms with Crippen molar-refractivity contribution in [3.05, 3.63) is 0 Å². The van der Waals surface area contributed by atoms with E-state index in [-0.39, 0.29) is 0 Å². The van der Waals surface area contributed by atoms with Crippen molar-refractivity contribution < 1.29 is 0 Å². The molecule has 0 amide bonds. The van der Waals surface area contributed by atoms with Crippen LogP contribution < -0.4 is 5.32 Å². The minimum atomic E-state index is 0.392. The summed E-state index contributed by atoms with van der Waals surface area (Å²) in [4.78, 5) is 0.392. The third-order valence-electron chi connectivity index (χ3n) is 4.04. The standard InChI is InChI=1S/C12H23NS/c1-10-6-9-13-12(14-10)8-5-4-7-11(12,2)3/h10,13H,4-9H2,1-3H3. The molecule has 1 aliphatic heterocycles. The van der Waals surface area contributed by atoms with Crippen LogP contribution in [-0.2, 0) is 0 Å². The lowest BCUT2D eigenvalue weighted by Gasteiger charge is -2.53. The van der Waals surface area contributed by atoms with Crippen molar-refractivity contribution in [1.29, 1.82) is 0 Å². The molecule has 82 valence electrons. The summed E-state index contributed by atoms with van der Waals surface area (Å²) in [7, 11) is 0. The van der Waals surface area contributed by atoms with E-state index in [9.17, 15) is 0 Å². The lowest BCUT2D eigenvalue weighted by molar-refractivity contribution is 0.135. The van der Waals surface area contributed by atoms with Crippen LogP contribution in [0.2, 0.25) is 0 Å². The highest BCUT2D eigenvalue weighted by atomic mass is 32.2. The second kappa shape index (κ2) is 3.71. The van der Waals surface area contributed by atoms with Crippen molar-refractivity contribution in [2.45, 2.75) is 63.0 Å². The van der Waals surface area contributed by atoms with E-state index >= 15 is 0 Å². The van der Waals surface area contributed by atoms with E-state index in [2.05, 4.69) is 37.8 Å². The summed E-state index contributed by atoms with van der Waals surface area (Å²) in [6.45, 7) is 8.50. The molecule has 1 nitrogen and oxygen atoms in total. The van der Waals surface area contributed by atoms with Crippen LogP contribution in [0.4, 0.5) is 0 Å². The van der Waals surface area contributed by atoms with Crippen LogP contribution in [0.15, 0.2) is 0 Å². The molecule has 1 heterocycles. The Hall–Kier alpha value is 0.310. The average Bonchev–Trinajstić information content (AvgIpc) is 2.11. The average molecular weight is 213 g/mol. The molecule has 1 saturated heterocycles. The molecule has 2 rings (SSSR count). The number of nitrogens with one attached hydrogen (secondary N) is 1. The van der Waals surface area contributed by atoms with Crippen LogP contribution in [0, 0.1) is 5.41 Å². The first kappa shape index (κ1) is 10.8. The molecule has 2 heteroatoms. The lowest BCUT2D eigenvalue weighted by atomic mass is 9.72. The van der Waals surface area contributed by atoms with E-state index in [0.717, 1.165) is 5.25 Å². The van der Waals surface area contributed by atoms with Gasteiger partial charge in [-0.2, -0.15) is 0 Å². The van der Waals surface area contributed by atoms with Crippen LogP contribution >= 0.6 is 11.8 Å². The summed E-state index contributed by atoms with van der Waals surface area (Å²) in [5.74, 6) is 0. The number of rotatable bonds is 0. The van der Waals surface area contributed by atoms with Gasteiger partial charge in [-0.3, -0.25) is 0 Å². The summed E-state index contributed by atoms with van der Waals surface area (Å²) >= 11 is 2.21. The fraction of sp³-hybridized carbons (Fsp3) is 1.00. The predicted octanol–water partition coefficient (Wildman–Crippen LogP) is 3.40. The molecule has 2 aliphatic rings. The summed E-state index contributed by atoms with van der Waals surface area (Å²) in [6.07, 6.45) is 6.93. The van der Waals surface area contributed by atoms with Gasteiger partial charge in [-0.25, -0.2) is 0 Å². The number of thioether (sulfide) groups is 1. The van der Waals surface area contributed by atoms with E-state index in [4.69, 9.17) is 0 Å². The molecule has 1 saturated carbocycles. The SMILES string of the molecule is CC1CCNC2(CCCCC2(C)C)S1. The first-order valence-electron chi connectivity index (χ1n) is 5.99. The summed E-state index contributed by atoms with van der Waals surface area (Å²) < 4.78 is 0. The van der Waals surface area contributed by atoms with E-state index in [1.165, 1.54) is 38.6 Å². The quantitative estimate of drug-likeness (QED) is 0.662. The molecule has 0 aromatic carbocycles.